The van der Waals surface area contributed by atoms with E-state index in [-0.39, 0.29) is 51.7 Å². The molecule has 2 aliphatic rings. The van der Waals surface area contributed by atoms with Crippen molar-refractivity contribution >= 4 is 73.0 Å². The van der Waals surface area contributed by atoms with Crippen LogP contribution in [0.15, 0.2) is 81.8 Å². The molecule has 1 amide bonds. The van der Waals surface area contributed by atoms with Gasteiger partial charge in [0.05, 0.1) is 48.4 Å². The fourth-order valence-corrected chi connectivity index (χ4v) is 7.88. The SMILES string of the molecule is CCn1cc(C(=O)O)c(=O)c2cc(F)c(N3CCN(CN4C(=O)C(=Nc5ccc(S(=O)(=O)Nc6ncnc(OC)c6OC)cc5)c5cc(Cl)ccc54)CC3)cc21. The van der Waals surface area contributed by atoms with E-state index >= 15 is 4.39 Å². The van der Waals surface area contributed by atoms with Crippen molar-refractivity contribution in [1.29, 1.82) is 0 Å². The molecule has 3 aromatic carbocycles. The molecule has 1 saturated heterocycles. The number of aromatic carboxylic acids is 1. The third kappa shape index (κ3) is 7.09. The number of aryl methyl sites for hydroxylation is 1. The molecule has 0 aliphatic carbocycles. The number of sulfonamides is 1. The summed E-state index contributed by atoms with van der Waals surface area (Å²) in [5, 5.41) is 9.87. The molecular formula is C37H34ClFN8O8S. The highest BCUT2D eigenvalue weighted by atomic mass is 35.5. The summed E-state index contributed by atoms with van der Waals surface area (Å²) in [6, 6.07) is 13.4. The van der Waals surface area contributed by atoms with E-state index < -0.39 is 32.8 Å². The Morgan fingerprint density at radius 3 is 2.39 bits per heavy atom. The number of anilines is 3. The number of amides is 1. The van der Waals surface area contributed by atoms with Crippen molar-refractivity contribution in [3.05, 3.63) is 99.3 Å². The molecule has 2 N–H and O–H groups in total. The molecule has 0 spiro atoms. The van der Waals surface area contributed by atoms with Crippen LogP contribution in [0.4, 0.5) is 27.3 Å². The van der Waals surface area contributed by atoms with E-state index in [0.29, 0.717) is 60.2 Å². The topological polar surface area (TPSA) is 189 Å². The number of benzene rings is 3. The minimum Gasteiger partial charge on any atom is -0.489 e. The number of rotatable bonds is 11. The van der Waals surface area contributed by atoms with Gasteiger partial charge in [-0.3, -0.25) is 24.1 Å². The fourth-order valence-electron chi connectivity index (χ4n) is 6.69. The van der Waals surface area contributed by atoms with Gasteiger partial charge in [0.15, 0.2) is 5.82 Å². The summed E-state index contributed by atoms with van der Waals surface area (Å²) in [7, 11) is -1.44. The van der Waals surface area contributed by atoms with Gasteiger partial charge < -0.3 is 24.0 Å². The average Bonchev–Trinajstić information content (AvgIpc) is 3.43. The van der Waals surface area contributed by atoms with Crippen LogP contribution in [0.3, 0.4) is 0 Å². The molecule has 19 heteroatoms. The molecule has 7 rings (SSSR count). The van der Waals surface area contributed by atoms with Crippen molar-refractivity contribution in [3.8, 4) is 11.6 Å². The van der Waals surface area contributed by atoms with Crippen molar-refractivity contribution in [3.63, 3.8) is 0 Å². The molecule has 290 valence electrons. The van der Waals surface area contributed by atoms with E-state index in [4.69, 9.17) is 21.1 Å². The number of carboxylic acids is 1. The molecule has 0 bridgehead atoms. The maximum Gasteiger partial charge on any atom is 0.341 e. The number of nitrogens with zero attached hydrogens (tertiary/aromatic N) is 7. The lowest BCUT2D eigenvalue weighted by molar-refractivity contribution is -0.112. The maximum absolute atomic E-state index is 15.5. The zero-order valence-electron chi connectivity index (χ0n) is 30.2. The molecule has 16 nitrogen and oxygen atoms in total. The van der Waals surface area contributed by atoms with Gasteiger partial charge in [-0.25, -0.2) is 27.6 Å². The molecule has 2 aliphatic heterocycles. The van der Waals surface area contributed by atoms with Crippen LogP contribution in [-0.2, 0) is 21.4 Å². The zero-order valence-corrected chi connectivity index (χ0v) is 31.8. The van der Waals surface area contributed by atoms with Crippen LogP contribution < -0.4 is 29.4 Å². The largest absolute Gasteiger partial charge is 0.489 e. The first-order valence-corrected chi connectivity index (χ1v) is 19.0. The van der Waals surface area contributed by atoms with Crippen molar-refractivity contribution in [2.24, 2.45) is 4.99 Å². The molecule has 2 aromatic heterocycles. The number of carbonyl (C=O) groups is 2. The normalized spacial score (nSPS) is 15.4. The van der Waals surface area contributed by atoms with E-state index in [0.717, 1.165) is 12.4 Å². The minimum atomic E-state index is -4.13. The van der Waals surface area contributed by atoms with Gasteiger partial charge in [0.25, 0.3) is 21.8 Å². The molecule has 0 unspecified atom stereocenters. The van der Waals surface area contributed by atoms with Crippen LogP contribution in [0.1, 0.15) is 22.8 Å². The number of carboxylic acid groups (broad SMARTS) is 1. The molecule has 0 atom stereocenters. The van der Waals surface area contributed by atoms with Crippen molar-refractivity contribution < 1.29 is 37.0 Å². The predicted octanol–water partition coefficient (Wildman–Crippen LogP) is 4.37. The first-order valence-electron chi connectivity index (χ1n) is 17.2. The van der Waals surface area contributed by atoms with Gasteiger partial charge in [-0.1, -0.05) is 11.6 Å². The third-order valence-electron chi connectivity index (χ3n) is 9.51. The number of fused-ring (bicyclic) bond motifs is 2. The first kappa shape index (κ1) is 38.2. The van der Waals surface area contributed by atoms with Gasteiger partial charge in [-0.2, -0.15) is 4.98 Å². The molecular weight excluding hydrogens is 771 g/mol. The highest BCUT2D eigenvalue weighted by molar-refractivity contribution is 7.92. The second-order valence-corrected chi connectivity index (χ2v) is 14.9. The number of carbonyl (C=O) groups excluding carboxylic acids is 1. The number of halogens is 2. The summed E-state index contributed by atoms with van der Waals surface area (Å²) < 4.78 is 56.3. The third-order valence-corrected chi connectivity index (χ3v) is 11.1. The van der Waals surface area contributed by atoms with Crippen LogP contribution in [-0.4, -0.2) is 97.6 Å². The van der Waals surface area contributed by atoms with E-state index in [2.05, 4.69) is 19.7 Å². The number of hydrogen-bond acceptors (Lipinski definition) is 12. The number of ether oxygens (including phenoxy) is 2. The van der Waals surface area contributed by atoms with Crippen LogP contribution in [0.5, 0.6) is 11.6 Å². The summed E-state index contributed by atoms with van der Waals surface area (Å²) in [5.74, 6) is -2.45. The Morgan fingerprint density at radius 1 is 1.00 bits per heavy atom. The van der Waals surface area contributed by atoms with Gasteiger partial charge in [-0.15, -0.1) is 0 Å². The average molecular weight is 805 g/mol. The Morgan fingerprint density at radius 2 is 1.73 bits per heavy atom. The van der Waals surface area contributed by atoms with Crippen LogP contribution in [0.25, 0.3) is 10.9 Å². The molecule has 4 heterocycles. The van der Waals surface area contributed by atoms with Crippen LogP contribution in [0.2, 0.25) is 5.02 Å². The van der Waals surface area contributed by atoms with E-state index in [9.17, 15) is 27.9 Å². The summed E-state index contributed by atoms with van der Waals surface area (Å²) in [5.41, 5.74) is 1.10. The highest BCUT2D eigenvalue weighted by Gasteiger charge is 2.36. The standard InChI is InChI=1S/C37H34ClFN8O8S/c1-4-45-18-26(37(50)51)32(48)25-16-27(39)30(17-29(25)45)46-13-11-44(12-14-46)20-47-28-10-5-21(38)15-24(28)31(36(47)49)42-22-6-8-23(9-7-22)56(52,53)43-34-33(54-2)35(55-3)41-19-40-34/h5-10,15-19H,4,11-14,20H2,1-3H3,(H,50,51)(H,40,41,43). The Hall–Kier alpha value is -6.11. The first-order chi connectivity index (χ1) is 26.8. The second-order valence-electron chi connectivity index (χ2n) is 12.7. The monoisotopic (exact) mass is 804 g/mol. The van der Waals surface area contributed by atoms with Crippen molar-refractivity contribution in [2.45, 2.75) is 18.4 Å². The van der Waals surface area contributed by atoms with Gasteiger partial charge in [0, 0.05) is 54.9 Å². The maximum atomic E-state index is 15.5. The molecule has 5 aromatic rings. The number of piperazine rings is 1. The highest BCUT2D eigenvalue weighted by Crippen LogP contribution is 2.35. The van der Waals surface area contributed by atoms with Gasteiger partial charge in [-0.05, 0) is 61.5 Å². The lowest BCUT2D eigenvalue weighted by atomic mass is 10.1. The quantitative estimate of drug-likeness (QED) is 0.192. The predicted molar refractivity (Wildman–Crippen MR) is 207 cm³/mol. The van der Waals surface area contributed by atoms with Gasteiger partial charge in [0.2, 0.25) is 11.2 Å². The molecule has 0 saturated carbocycles. The summed E-state index contributed by atoms with van der Waals surface area (Å²) >= 11 is 6.35. The Bertz CT molecular complexity index is 2600. The van der Waals surface area contributed by atoms with Crippen LogP contribution >= 0.6 is 11.6 Å². The number of pyridine rings is 1. The van der Waals surface area contributed by atoms with E-state index in [1.54, 1.807) is 40.7 Å². The van der Waals surface area contributed by atoms with Crippen molar-refractivity contribution in [1.82, 2.24) is 19.4 Å². The van der Waals surface area contributed by atoms with Gasteiger partial charge >= 0.3 is 5.97 Å². The lowest BCUT2D eigenvalue weighted by Crippen LogP contribution is -2.51. The minimum absolute atomic E-state index is 0.00519. The number of hydrogen-bond donors (Lipinski definition) is 2. The molecule has 0 radical (unpaired) electrons. The summed E-state index contributed by atoms with van der Waals surface area (Å²) in [6.45, 7) is 4.13. The Kier molecular flexibility index (Phi) is 10.4. The lowest BCUT2D eigenvalue weighted by Gasteiger charge is -2.38. The van der Waals surface area contributed by atoms with Gasteiger partial charge in [0.1, 0.15) is 23.4 Å². The summed E-state index contributed by atoms with van der Waals surface area (Å²) in [4.78, 5) is 56.3. The summed E-state index contributed by atoms with van der Waals surface area (Å²) in [6.07, 6.45) is 2.41. The smallest absolute Gasteiger partial charge is 0.341 e. The number of methoxy groups -OCH3 is 2. The zero-order chi connectivity index (χ0) is 39.9. The van der Waals surface area contributed by atoms with Crippen LogP contribution in [0, 0.1) is 5.82 Å². The molecule has 1 fully saturated rings. The second kappa shape index (κ2) is 15.2. The van der Waals surface area contributed by atoms with E-state index in [1.807, 2.05) is 9.80 Å². The number of aliphatic imine (C=N–C) groups is 1. The Balaban J connectivity index is 1.08. The van der Waals surface area contributed by atoms with E-state index in [1.165, 1.54) is 44.7 Å². The number of nitrogens with one attached hydrogen (secondary N) is 1. The number of aromatic nitrogens is 3. The van der Waals surface area contributed by atoms with Crippen molar-refractivity contribution in [2.75, 3.05) is 61.6 Å². The molecule has 56 heavy (non-hydrogen) atoms. The Labute approximate surface area is 324 Å². The fraction of sp³-hybridized carbons (Fsp3) is 0.243.